The first kappa shape index (κ1) is 24.5. The van der Waals surface area contributed by atoms with Crippen molar-refractivity contribution in [1.29, 1.82) is 0 Å². The first-order chi connectivity index (χ1) is 13.9. The summed E-state index contributed by atoms with van der Waals surface area (Å²) >= 11 is 0. The Morgan fingerprint density at radius 1 is 1.14 bits per heavy atom. The van der Waals surface area contributed by atoms with Crippen LogP contribution >= 0.6 is 0 Å². The molecule has 9 atom stereocenters. The molecule has 29 heavy (non-hydrogen) atoms. The van der Waals surface area contributed by atoms with E-state index in [0.717, 1.165) is 31.3 Å². The van der Waals surface area contributed by atoms with Crippen molar-refractivity contribution >= 4 is 0 Å². The van der Waals surface area contributed by atoms with Gasteiger partial charge in [-0.15, -0.1) is 0 Å². The summed E-state index contributed by atoms with van der Waals surface area (Å²) in [7, 11) is 5.20. The third-order valence-electron chi connectivity index (χ3n) is 6.95. The molecule has 1 heterocycles. The average Bonchev–Trinajstić information content (AvgIpc) is 3.54. The van der Waals surface area contributed by atoms with Gasteiger partial charge in [0.15, 0.2) is 6.29 Å². The Balaban J connectivity index is 1.90. The molecule has 1 N–H and O–H groups in total. The van der Waals surface area contributed by atoms with E-state index in [-0.39, 0.29) is 36.6 Å². The van der Waals surface area contributed by atoms with Gasteiger partial charge in [0.25, 0.3) is 0 Å². The average molecular weight is 411 g/mol. The topological polar surface area (TPSA) is 57.2 Å². The normalized spacial score (nSPS) is 34.8. The second-order valence-electron chi connectivity index (χ2n) is 8.82. The largest absolute Gasteiger partial charge is 0.392 e. The van der Waals surface area contributed by atoms with Crippen molar-refractivity contribution in [2.75, 3.05) is 21.3 Å². The summed E-state index contributed by atoms with van der Waals surface area (Å²) in [5, 5.41) is 10.8. The number of hydrogen-bond acceptors (Lipinski definition) is 5. The molecule has 2 fully saturated rings. The highest BCUT2D eigenvalue weighted by molar-refractivity contribution is 5.17. The van der Waals surface area contributed by atoms with E-state index in [2.05, 4.69) is 39.8 Å². The molecule has 0 aromatic heterocycles. The Hall–Kier alpha value is -0.720. The Labute approximate surface area is 177 Å². The molecule has 1 aliphatic carbocycles. The molecule has 1 aliphatic heterocycles. The highest BCUT2D eigenvalue weighted by Gasteiger charge is 2.48. The minimum absolute atomic E-state index is 0.0510. The summed E-state index contributed by atoms with van der Waals surface area (Å²) < 4.78 is 22.6. The molecule has 0 aromatic rings. The van der Waals surface area contributed by atoms with E-state index in [1.165, 1.54) is 0 Å². The maximum Gasteiger partial charge on any atom is 0.158 e. The fraction of sp³-hybridized carbons (Fsp3) is 0.833. The van der Waals surface area contributed by atoms with E-state index in [1.807, 2.05) is 6.08 Å². The lowest BCUT2D eigenvalue weighted by Crippen LogP contribution is -2.41. The summed E-state index contributed by atoms with van der Waals surface area (Å²) in [5.74, 6) is 1.54. The van der Waals surface area contributed by atoms with Gasteiger partial charge in [0, 0.05) is 33.7 Å². The van der Waals surface area contributed by atoms with Gasteiger partial charge in [0.2, 0.25) is 0 Å². The fourth-order valence-electron chi connectivity index (χ4n) is 4.83. The number of ether oxygens (including phenoxy) is 4. The van der Waals surface area contributed by atoms with E-state index in [4.69, 9.17) is 18.9 Å². The van der Waals surface area contributed by atoms with Crippen molar-refractivity contribution < 1.29 is 24.1 Å². The lowest BCUT2D eigenvalue weighted by molar-refractivity contribution is -0.205. The molecule has 2 rings (SSSR count). The van der Waals surface area contributed by atoms with Crippen LogP contribution in [0.1, 0.15) is 53.4 Å². The highest BCUT2D eigenvalue weighted by atomic mass is 16.7. The van der Waals surface area contributed by atoms with Gasteiger partial charge in [-0.25, -0.2) is 0 Å². The molecule has 0 unspecified atom stereocenters. The van der Waals surface area contributed by atoms with Crippen molar-refractivity contribution in [3.8, 4) is 0 Å². The van der Waals surface area contributed by atoms with Crippen LogP contribution in [0.5, 0.6) is 0 Å². The van der Waals surface area contributed by atoms with Gasteiger partial charge in [0.1, 0.15) is 6.10 Å². The predicted octanol–water partition coefficient (Wildman–Crippen LogP) is 4.35. The number of rotatable bonds is 11. The second-order valence-corrected chi connectivity index (χ2v) is 8.82. The zero-order valence-electron chi connectivity index (χ0n) is 19.3. The first-order valence-corrected chi connectivity index (χ1v) is 11.1. The molecule has 0 spiro atoms. The van der Waals surface area contributed by atoms with Crippen molar-refractivity contribution in [3.63, 3.8) is 0 Å². The maximum atomic E-state index is 10.8. The van der Waals surface area contributed by atoms with Crippen LogP contribution in [0.4, 0.5) is 0 Å². The highest BCUT2D eigenvalue weighted by Crippen LogP contribution is 2.49. The van der Waals surface area contributed by atoms with Crippen LogP contribution in [0.2, 0.25) is 0 Å². The van der Waals surface area contributed by atoms with Crippen molar-refractivity contribution in [2.24, 2.45) is 23.7 Å². The van der Waals surface area contributed by atoms with Crippen LogP contribution in [0.25, 0.3) is 0 Å². The van der Waals surface area contributed by atoms with Crippen LogP contribution in [0.3, 0.4) is 0 Å². The molecule has 1 saturated carbocycles. The molecule has 0 bridgehead atoms. The Kier molecular flexibility index (Phi) is 9.83. The number of aliphatic hydroxyl groups is 1. The van der Waals surface area contributed by atoms with Crippen molar-refractivity contribution in [1.82, 2.24) is 0 Å². The van der Waals surface area contributed by atoms with Crippen LogP contribution in [0, 0.1) is 23.7 Å². The van der Waals surface area contributed by atoms with E-state index < -0.39 is 0 Å². The third-order valence-corrected chi connectivity index (χ3v) is 6.95. The molecule has 5 nitrogen and oxygen atoms in total. The summed E-state index contributed by atoms with van der Waals surface area (Å²) in [6.45, 7) is 8.57. The quantitative estimate of drug-likeness (QED) is 0.513. The minimum Gasteiger partial charge on any atom is -0.392 e. The van der Waals surface area contributed by atoms with Crippen molar-refractivity contribution in [2.45, 2.75) is 84.1 Å². The summed E-state index contributed by atoms with van der Waals surface area (Å²) in [6, 6.07) is 0. The van der Waals surface area contributed by atoms with Gasteiger partial charge < -0.3 is 24.1 Å². The maximum absolute atomic E-state index is 10.8. The number of hydrogen-bond donors (Lipinski definition) is 1. The van der Waals surface area contributed by atoms with Gasteiger partial charge >= 0.3 is 0 Å². The van der Waals surface area contributed by atoms with Gasteiger partial charge in [-0.1, -0.05) is 39.0 Å². The standard InChI is InChI=1S/C24H42O5/c1-8-20(26-5)17(4)18-14-19(18)23(25)15(2)10-9-11-16(3)24-21(27-6)12-13-22(28-7)29-24/h9-11,15,17-25H,8,12-14H2,1-7H3/b10-9+,16-11+/t15-,17-,18+,19-,20-,21-,22-,23+,24+/m0/s1. The van der Waals surface area contributed by atoms with Crippen molar-refractivity contribution in [3.05, 3.63) is 23.8 Å². The summed E-state index contributed by atoms with van der Waals surface area (Å²) in [6.07, 6.45) is 9.85. The molecule has 1 saturated heterocycles. The summed E-state index contributed by atoms with van der Waals surface area (Å²) in [5.41, 5.74) is 1.11. The smallest absolute Gasteiger partial charge is 0.158 e. The van der Waals surface area contributed by atoms with Crippen LogP contribution in [-0.4, -0.2) is 57.1 Å². The molecule has 168 valence electrons. The minimum atomic E-state index is -0.308. The molecule has 5 heteroatoms. The second kappa shape index (κ2) is 11.6. The number of allylic oxidation sites excluding steroid dienone is 2. The predicted molar refractivity (Wildman–Crippen MR) is 116 cm³/mol. The van der Waals surface area contributed by atoms with E-state index in [9.17, 15) is 5.11 Å². The SMILES string of the molecule is CC[C@H](OC)[C@@H](C)[C@H]1C[C@@H]1[C@H](O)[C@@H](C)/C=C/C=C(\C)[C@H]1O[C@H](OC)CC[C@@H]1OC. The number of methoxy groups -OCH3 is 3. The molecular formula is C24H42O5. The number of aliphatic hydroxyl groups excluding tert-OH is 1. The van der Waals surface area contributed by atoms with Gasteiger partial charge in [-0.3, -0.25) is 0 Å². The lowest BCUT2D eigenvalue weighted by Gasteiger charge is -2.35. The molecular weight excluding hydrogens is 368 g/mol. The van der Waals surface area contributed by atoms with Gasteiger partial charge in [-0.05, 0) is 49.5 Å². The first-order valence-electron chi connectivity index (χ1n) is 11.1. The van der Waals surface area contributed by atoms with Gasteiger partial charge in [0.05, 0.1) is 18.3 Å². The lowest BCUT2D eigenvalue weighted by atomic mass is 9.91. The van der Waals surface area contributed by atoms with Gasteiger partial charge in [-0.2, -0.15) is 0 Å². The van der Waals surface area contributed by atoms with E-state index in [1.54, 1.807) is 21.3 Å². The van der Waals surface area contributed by atoms with E-state index in [0.29, 0.717) is 17.8 Å². The van der Waals surface area contributed by atoms with Crippen LogP contribution < -0.4 is 0 Å². The molecule has 0 amide bonds. The fourth-order valence-corrected chi connectivity index (χ4v) is 4.83. The molecule has 0 aromatic carbocycles. The Morgan fingerprint density at radius 3 is 2.45 bits per heavy atom. The zero-order valence-corrected chi connectivity index (χ0v) is 19.3. The van der Waals surface area contributed by atoms with Crippen LogP contribution in [-0.2, 0) is 18.9 Å². The third kappa shape index (κ3) is 6.38. The zero-order chi connectivity index (χ0) is 21.6. The van der Waals surface area contributed by atoms with Crippen LogP contribution in [0.15, 0.2) is 23.8 Å². The Bertz CT molecular complexity index is 541. The molecule has 2 aliphatic rings. The summed E-state index contributed by atoms with van der Waals surface area (Å²) in [4.78, 5) is 0. The monoisotopic (exact) mass is 410 g/mol. The Morgan fingerprint density at radius 2 is 1.86 bits per heavy atom. The molecule has 0 radical (unpaired) electrons. The van der Waals surface area contributed by atoms with E-state index >= 15 is 0 Å².